The highest BCUT2D eigenvalue weighted by Crippen LogP contribution is 2.33. The zero-order valence-electron chi connectivity index (χ0n) is 6.24. The van der Waals surface area contributed by atoms with Crippen LogP contribution >= 0.6 is 27.5 Å². The maximum atomic E-state index is 12.2. The molecule has 0 spiro atoms. The average molecular weight is 255 g/mol. The topological polar surface area (TPSA) is 0 Å². The first-order chi connectivity index (χ1) is 5.54. The summed E-state index contributed by atoms with van der Waals surface area (Å²) >= 11 is 8.88. The third-order valence-corrected chi connectivity index (χ3v) is 2.95. The molecule has 0 aromatic heterocycles. The van der Waals surface area contributed by atoms with Gasteiger partial charge in [0.05, 0.1) is 5.02 Å². The van der Waals surface area contributed by atoms with E-state index in [1.165, 1.54) is 6.07 Å². The molecular formula is C8H6BrClF2. The van der Waals surface area contributed by atoms with Crippen molar-refractivity contribution in [3.8, 4) is 0 Å². The van der Waals surface area contributed by atoms with Gasteiger partial charge < -0.3 is 0 Å². The van der Waals surface area contributed by atoms with Crippen LogP contribution in [0.4, 0.5) is 8.78 Å². The third-order valence-electron chi connectivity index (χ3n) is 1.59. The van der Waals surface area contributed by atoms with Crippen LogP contribution in [0.3, 0.4) is 0 Å². The van der Waals surface area contributed by atoms with Crippen molar-refractivity contribution in [2.75, 3.05) is 0 Å². The van der Waals surface area contributed by atoms with Gasteiger partial charge in [0.25, 0.3) is 6.43 Å². The third kappa shape index (κ3) is 1.77. The molecule has 0 amide bonds. The molecule has 1 rings (SSSR count). The van der Waals surface area contributed by atoms with Gasteiger partial charge in [0.2, 0.25) is 0 Å². The molecular weight excluding hydrogens is 249 g/mol. The lowest BCUT2D eigenvalue weighted by molar-refractivity contribution is 0.151. The zero-order valence-corrected chi connectivity index (χ0v) is 8.59. The first kappa shape index (κ1) is 9.93. The van der Waals surface area contributed by atoms with Gasteiger partial charge in [0, 0.05) is 10.0 Å². The molecule has 66 valence electrons. The minimum absolute atomic E-state index is 0.114. The van der Waals surface area contributed by atoms with Gasteiger partial charge in [-0.1, -0.05) is 33.6 Å². The monoisotopic (exact) mass is 254 g/mol. The number of rotatable bonds is 1. The Bertz CT molecular complexity index is 299. The quantitative estimate of drug-likeness (QED) is 0.700. The Morgan fingerprint density at radius 1 is 1.42 bits per heavy atom. The van der Waals surface area contributed by atoms with Crippen LogP contribution in [0.2, 0.25) is 5.02 Å². The normalized spacial score (nSPS) is 10.8. The highest BCUT2D eigenvalue weighted by molar-refractivity contribution is 9.10. The molecule has 0 aliphatic carbocycles. The highest BCUT2D eigenvalue weighted by Gasteiger charge is 2.14. The molecule has 0 saturated heterocycles. The van der Waals surface area contributed by atoms with E-state index in [4.69, 9.17) is 11.6 Å². The lowest BCUT2D eigenvalue weighted by Crippen LogP contribution is -1.89. The van der Waals surface area contributed by atoms with Crippen LogP contribution in [-0.4, -0.2) is 0 Å². The van der Waals surface area contributed by atoms with E-state index in [0.29, 0.717) is 5.56 Å². The van der Waals surface area contributed by atoms with E-state index in [1.54, 1.807) is 13.0 Å². The van der Waals surface area contributed by atoms with Crippen LogP contribution in [0.1, 0.15) is 17.6 Å². The first-order valence-electron chi connectivity index (χ1n) is 3.26. The van der Waals surface area contributed by atoms with Crippen molar-refractivity contribution >= 4 is 27.5 Å². The van der Waals surface area contributed by atoms with E-state index in [2.05, 4.69) is 15.9 Å². The number of benzene rings is 1. The molecule has 1 aromatic rings. The molecule has 0 saturated carbocycles. The largest absolute Gasteiger partial charge is 0.265 e. The Balaban J connectivity index is 3.27. The van der Waals surface area contributed by atoms with Crippen LogP contribution in [0, 0.1) is 6.92 Å². The maximum Gasteiger partial charge on any atom is 0.265 e. The Morgan fingerprint density at radius 2 is 2.00 bits per heavy atom. The highest BCUT2D eigenvalue weighted by atomic mass is 79.9. The van der Waals surface area contributed by atoms with Crippen LogP contribution in [0.5, 0.6) is 0 Å². The minimum atomic E-state index is -2.51. The molecule has 12 heavy (non-hydrogen) atoms. The second-order valence-corrected chi connectivity index (χ2v) is 3.61. The van der Waals surface area contributed by atoms with Gasteiger partial charge in [0.1, 0.15) is 0 Å². The second-order valence-electron chi connectivity index (χ2n) is 2.38. The fourth-order valence-corrected chi connectivity index (χ4v) is 1.54. The molecule has 0 fully saturated rings. The van der Waals surface area contributed by atoms with Gasteiger partial charge in [-0.25, -0.2) is 8.78 Å². The van der Waals surface area contributed by atoms with E-state index >= 15 is 0 Å². The minimum Gasteiger partial charge on any atom is -0.205 e. The van der Waals surface area contributed by atoms with Crippen molar-refractivity contribution in [1.82, 2.24) is 0 Å². The Morgan fingerprint density at radius 3 is 2.50 bits per heavy atom. The summed E-state index contributed by atoms with van der Waals surface area (Å²) < 4.78 is 25.2. The molecule has 0 heterocycles. The second kappa shape index (κ2) is 3.71. The van der Waals surface area contributed by atoms with Crippen molar-refractivity contribution < 1.29 is 8.78 Å². The lowest BCUT2D eigenvalue weighted by atomic mass is 10.1. The van der Waals surface area contributed by atoms with Crippen molar-refractivity contribution in [2.45, 2.75) is 13.3 Å². The SMILES string of the molecule is Cc1c(Br)ccc(C(F)F)c1Cl. The van der Waals surface area contributed by atoms with Crippen LogP contribution in [0.25, 0.3) is 0 Å². The summed E-state index contributed by atoms with van der Waals surface area (Å²) in [6.45, 7) is 1.69. The summed E-state index contributed by atoms with van der Waals surface area (Å²) in [5.41, 5.74) is 0.534. The summed E-state index contributed by atoms with van der Waals surface area (Å²) in [6, 6.07) is 2.90. The predicted octanol–water partition coefficient (Wildman–Crippen LogP) is 4.35. The molecule has 1 aromatic carbocycles. The smallest absolute Gasteiger partial charge is 0.205 e. The van der Waals surface area contributed by atoms with E-state index < -0.39 is 6.43 Å². The summed E-state index contributed by atoms with van der Waals surface area (Å²) in [7, 11) is 0. The number of halogens is 4. The van der Waals surface area contributed by atoms with Gasteiger partial charge in [-0.2, -0.15) is 0 Å². The number of hydrogen-bond acceptors (Lipinski definition) is 0. The molecule has 0 aliphatic rings. The van der Waals surface area contributed by atoms with Crippen LogP contribution < -0.4 is 0 Å². The first-order valence-corrected chi connectivity index (χ1v) is 4.43. The molecule has 0 N–H and O–H groups in total. The van der Waals surface area contributed by atoms with E-state index in [-0.39, 0.29) is 10.6 Å². The van der Waals surface area contributed by atoms with Gasteiger partial charge >= 0.3 is 0 Å². The van der Waals surface area contributed by atoms with Gasteiger partial charge in [0.15, 0.2) is 0 Å². The summed E-state index contributed by atoms with van der Waals surface area (Å²) in [6.07, 6.45) is -2.51. The molecule has 0 radical (unpaired) electrons. The number of hydrogen-bond donors (Lipinski definition) is 0. The van der Waals surface area contributed by atoms with Gasteiger partial charge in [-0.3, -0.25) is 0 Å². The van der Waals surface area contributed by atoms with Crippen molar-refractivity contribution in [3.63, 3.8) is 0 Å². The van der Waals surface area contributed by atoms with E-state index in [0.717, 1.165) is 4.47 Å². The maximum absolute atomic E-state index is 12.2. The molecule has 0 atom stereocenters. The summed E-state index contributed by atoms with van der Waals surface area (Å²) in [5.74, 6) is 0. The number of alkyl halides is 2. The summed E-state index contributed by atoms with van der Waals surface area (Å²) in [5, 5.41) is 0.138. The fourth-order valence-electron chi connectivity index (χ4n) is 0.851. The Labute approximate surface area is 82.7 Å². The zero-order chi connectivity index (χ0) is 9.30. The fraction of sp³-hybridized carbons (Fsp3) is 0.250. The van der Waals surface area contributed by atoms with Crippen LogP contribution in [-0.2, 0) is 0 Å². The average Bonchev–Trinajstić information content (AvgIpc) is 2.00. The van der Waals surface area contributed by atoms with Crippen molar-refractivity contribution in [2.24, 2.45) is 0 Å². The van der Waals surface area contributed by atoms with E-state index in [9.17, 15) is 8.78 Å². The lowest BCUT2D eigenvalue weighted by Gasteiger charge is -2.06. The van der Waals surface area contributed by atoms with Crippen LogP contribution in [0.15, 0.2) is 16.6 Å². The van der Waals surface area contributed by atoms with E-state index in [1.807, 2.05) is 0 Å². The molecule has 0 bridgehead atoms. The van der Waals surface area contributed by atoms with Crippen molar-refractivity contribution in [1.29, 1.82) is 0 Å². The molecule has 4 heteroatoms. The predicted molar refractivity (Wildman–Crippen MR) is 48.8 cm³/mol. The van der Waals surface area contributed by atoms with Crippen molar-refractivity contribution in [3.05, 3.63) is 32.8 Å². The Kier molecular flexibility index (Phi) is 3.07. The Hall–Kier alpha value is -0.150. The molecule has 0 unspecified atom stereocenters. The van der Waals surface area contributed by atoms with Gasteiger partial charge in [-0.05, 0) is 18.6 Å². The van der Waals surface area contributed by atoms with Gasteiger partial charge in [-0.15, -0.1) is 0 Å². The molecule has 0 aliphatic heterocycles. The molecule has 0 nitrogen and oxygen atoms in total. The standard InChI is InChI=1S/C8H6BrClF2/c1-4-6(9)3-2-5(7(4)10)8(11)12/h2-3,8H,1H3. The summed E-state index contributed by atoms with van der Waals surface area (Å²) in [4.78, 5) is 0.